The first kappa shape index (κ1) is 13.3. The maximum absolute atomic E-state index is 11.4. The molecule has 4 heteroatoms. The molecule has 18 heavy (non-hydrogen) atoms. The van der Waals surface area contributed by atoms with Crippen LogP contribution in [0.3, 0.4) is 0 Å². The number of thioether (sulfide) groups is 1. The van der Waals surface area contributed by atoms with Crippen molar-refractivity contribution >= 4 is 23.4 Å². The van der Waals surface area contributed by atoms with Crippen LogP contribution >= 0.6 is 11.8 Å². The van der Waals surface area contributed by atoms with Crippen LogP contribution in [0.4, 0.5) is 5.69 Å². The Balaban J connectivity index is 2.23. The highest BCUT2D eigenvalue weighted by Gasteiger charge is 2.36. The third kappa shape index (κ3) is 2.80. The van der Waals surface area contributed by atoms with E-state index >= 15 is 0 Å². The summed E-state index contributed by atoms with van der Waals surface area (Å²) in [5.74, 6) is 0.738. The Morgan fingerprint density at radius 1 is 1.50 bits per heavy atom. The van der Waals surface area contributed by atoms with Gasteiger partial charge in [-0.05, 0) is 30.2 Å². The Morgan fingerprint density at radius 3 is 2.83 bits per heavy atom. The number of rotatable bonds is 6. The monoisotopic (exact) mass is 265 g/mol. The van der Waals surface area contributed by atoms with E-state index in [9.17, 15) is 9.90 Å². The zero-order valence-electron chi connectivity index (χ0n) is 10.8. The van der Waals surface area contributed by atoms with Gasteiger partial charge in [0.1, 0.15) is 0 Å². The van der Waals surface area contributed by atoms with Gasteiger partial charge in [-0.15, -0.1) is 11.8 Å². The van der Waals surface area contributed by atoms with E-state index in [4.69, 9.17) is 0 Å². The molecule has 0 aliphatic heterocycles. The van der Waals surface area contributed by atoms with Gasteiger partial charge in [0.15, 0.2) is 0 Å². The van der Waals surface area contributed by atoms with E-state index in [-0.39, 0.29) is 0 Å². The van der Waals surface area contributed by atoms with Gasteiger partial charge < -0.3 is 10.4 Å². The largest absolute Gasteiger partial charge is 0.478 e. The van der Waals surface area contributed by atoms with Gasteiger partial charge in [0.25, 0.3) is 0 Å². The number of benzene rings is 1. The lowest BCUT2D eigenvalue weighted by Crippen LogP contribution is -2.10. The molecular formula is C14H19NO2S. The molecule has 98 valence electrons. The number of aromatic carboxylic acids is 1. The topological polar surface area (TPSA) is 49.3 Å². The highest BCUT2D eigenvalue weighted by Crippen LogP contribution is 2.38. The molecule has 1 fully saturated rings. The lowest BCUT2D eigenvalue weighted by Gasteiger charge is -2.12. The van der Waals surface area contributed by atoms with E-state index < -0.39 is 5.97 Å². The maximum atomic E-state index is 11.4. The van der Waals surface area contributed by atoms with Crippen LogP contribution in [-0.4, -0.2) is 22.9 Å². The minimum absolute atomic E-state index is 0.422. The highest BCUT2D eigenvalue weighted by molar-refractivity contribution is 7.99. The van der Waals surface area contributed by atoms with Crippen molar-refractivity contribution in [2.75, 3.05) is 11.1 Å². The number of carboxylic acids is 1. The second kappa shape index (κ2) is 5.65. The molecule has 2 unspecified atom stereocenters. The smallest absolute Gasteiger partial charge is 0.338 e. The minimum Gasteiger partial charge on any atom is -0.478 e. The summed E-state index contributed by atoms with van der Waals surface area (Å²) in [4.78, 5) is 12.3. The van der Waals surface area contributed by atoms with Crippen LogP contribution in [0.2, 0.25) is 0 Å². The van der Waals surface area contributed by atoms with Gasteiger partial charge in [0.2, 0.25) is 0 Å². The van der Waals surface area contributed by atoms with E-state index in [0.29, 0.717) is 17.5 Å². The molecule has 0 amide bonds. The number of carboxylic acid groups (broad SMARTS) is 1. The van der Waals surface area contributed by atoms with Gasteiger partial charge in [-0.2, -0.15) is 0 Å². The van der Waals surface area contributed by atoms with Crippen molar-refractivity contribution in [1.82, 2.24) is 0 Å². The summed E-state index contributed by atoms with van der Waals surface area (Å²) in [7, 11) is 0. The molecule has 1 aromatic carbocycles. The summed E-state index contributed by atoms with van der Waals surface area (Å²) in [5, 5.41) is 12.7. The van der Waals surface area contributed by atoms with Crippen LogP contribution in [0, 0.1) is 5.92 Å². The summed E-state index contributed by atoms with van der Waals surface area (Å²) >= 11 is 1.58. The van der Waals surface area contributed by atoms with Crippen LogP contribution in [-0.2, 0) is 0 Å². The van der Waals surface area contributed by atoms with E-state index in [0.717, 1.165) is 29.2 Å². The number of hydrogen-bond donors (Lipinski definition) is 2. The Kier molecular flexibility index (Phi) is 4.17. The first-order chi connectivity index (χ1) is 8.67. The molecule has 1 saturated carbocycles. The Hall–Kier alpha value is -1.16. The summed E-state index contributed by atoms with van der Waals surface area (Å²) in [6.07, 6.45) is 2.31. The van der Waals surface area contributed by atoms with Gasteiger partial charge in [-0.25, -0.2) is 4.79 Å². The molecule has 1 aliphatic rings. The van der Waals surface area contributed by atoms with E-state index in [1.807, 2.05) is 25.1 Å². The fourth-order valence-electron chi connectivity index (χ4n) is 2.22. The average molecular weight is 265 g/mol. The fourth-order valence-corrected chi connectivity index (χ4v) is 3.05. The number of hydrogen-bond acceptors (Lipinski definition) is 3. The predicted octanol–water partition coefficient (Wildman–Crippen LogP) is 3.71. The molecule has 3 nitrogen and oxygen atoms in total. The molecule has 0 spiro atoms. The molecular weight excluding hydrogens is 246 g/mol. The lowest BCUT2D eigenvalue weighted by molar-refractivity contribution is 0.0694. The molecule has 1 aromatic rings. The van der Waals surface area contributed by atoms with Crippen molar-refractivity contribution in [2.24, 2.45) is 5.92 Å². The Labute approximate surface area is 112 Å². The molecule has 2 rings (SSSR count). The second-order valence-corrected chi connectivity index (χ2v) is 5.88. The quantitative estimate of drug-likeness (QED) is 0.770. The summed E-state index contributed by atoms with van der Waals surface area (Å²) in [6.45, 7) is 4.21. The van der Waals surface area contributed by atoms with Gasteiger partial charge in [0.05, 0.1) is 11.3 Å². The SMILES string of the molecule is CCSc1cccc(NC2CC2CC)c1C(=O)O. The Bertz CT molecular complexity index is 447. The summed E-state index contributed by atoms with van der Waals surface area (Å²) in [6, 6.07) is 6.13. The van der Waals surface area contributed by atoms with Crippen molar-refractivity contribution < 1.29 is 9.90 Å². The van der Waals surface area contributed by atoms with Gasteiger partial charge >= 0.3 is 5.97 Å². The van der Waals surface area contributed by atoms with Gasteiger partial charge in [-0.1, -0.05) is 26.3 Å². The molecule has 2 N–H and O–H groups in total. The average Bonchev–Trinajstić information content (AvgIpc) is 3.08. The molecule has 0 aromatic heterocycles. The van der Waals surface area contributed by atoms with E-state index in [1.54, 1.807) is 11.8 Å². The first-order valence-corrected chi connectivity index (χ1v) is 7.41. The van der Waals surface area contributed by atoms with Gasteiger partial charge in [-0.3, -0.25) is 0 Å². The summed E-state index contributed by atoms with van der Waals surface area (Å²) in [5.41, 5.74) is 1.19. The fraction of sp³-hybridized carbons (Fsp3) is 0.500. The zero-order chi connectivity index (χ0) is 13.1. The molecule has 0 radical (unpaired) electrons. The van der Waals surface area contributed by atoms with Crippen molar-refractivity contribution in [3.63, 3.8) is 0 Å². The minimum atomic E-state index is -0.845. The van der Waals surface area contributed by atoms with Crippen LogP contribution in [0.5, 0.6) is 0 Å². The van der Waals surface area contributed by atoms with Crippen molar-refractivity contribution in [1.29, 1.82) is 0 Å². The predicted molar refractivity (Wildman–Crippen MR) is 75.6 cm³/mol. The molecule has 0 saturated heterocycles. The standard InChI is InChI=1S/C14H19NO2S/c1-3-9-8-11(9)15-10-6-5-7-12(18-4-2)13(10)14(16)17/h5-7,9,11,15H,3-4,8H2,1-2H3,(H,16,17). The van der Waals surface area contributed by atoms with E-state index in [1.165, 1.54) is 0 Å². The highest BCUT2D eigenvalue weighted by atomic mass is 32.2. The maximum Gasteiger partial charge on any atom is 0.338 e. The van der Waals surface area contributed by atoms with Crippen LogP contribution in [0.1, 0.15) is 37.0 Å². The molecule has 1 aliphatic carbocycles. The van der Waals surface area contributed by atoms with Crippen LogP contribution in [0.15, 0.2) is 23.1 Å². The van der Waals surface area contributed by atoms with Crippen molar-refractivity contribution in [3.05, 3.63) is 23.8 Å². The second-order valence-electron chi connectivity index (χ2n) is 4.57. The molecule has 0 bridgehead atoms. The Morgan fingerprint density at radius 2 is 2.28 bits per heavy atom. The van der Waals surface area contributed by atoms with Crippen molar-refractivity contribution in [3.8, 4) is 0 Å². The number of anilines is 1. The zero-order valence-corrected chi connectivity index (χ0v) is 11.6. The third-order valence-electron chi connectivity index (χ3n) is 3.33. The summed E-state index contributed by atoms with van der Waals surface area (Å²) < 4.78 is 0. The molecule has 2 atom stereocenters. The lowest BCUT2D eigenvalue weighted by atomic mass is 10.1. The van der Waals surface area contributed by atoms with Crippen LogP contribution in [0.25, 0.3) is 0 Å². The normalized spacial score (nSPS) is 21.7. The van der Waals surface area contributed by atoms with Crippen molar-refractivity contribution in [2.45, 2.75) is 37.6 Å². The van der Waals surface area contributed by atoms with E-state index in [2.05, 4.69) is 12.2 Å². The third-order valence-corrected chi connectivity index (χ3v) is 4.27. The molecule has 0 heterocycles. The first-order valence-electron chi connectivity index (χ1n) is 6.43. The van der Waals surface area contributed by atoms with Gasteiger partial charge in [0, 0.05) is 10.9 Å². The number of carbonyl (C=O) groups is 1. The number of nitrogens with one attached hydrogen (secondary N) is 1. The van der Waals surface area contributed by atoms with Crippen LogP contribution < -0.4 is 5.32 Å².